The van der Waals surface area contributed by atoms with Crippen molar-refractivity contribution < 1.29 is 4.79 Å². The average molecular weight is 434 g/mol. The zero-order valence-corrected chi connectivity index (χ0v) is 19.4. The molecular weight excluding hydrogens is 402 g/mol. The first-order chi connectivity index (χ1) is 15.3. The molecule has 1 aliphatic heterocycles. The molecule has 1 atom stereocenters. The number of amides is 1. The van der Waals surface area contributed by atoms with Gasteiger partial charge in [0.05, 0.1) is 17.6 Å². The van der Waals surface area contributed by atoms with Crippen LogP contribution in [0.25, 0.3) is 11.4 Å². The Kier molecular flexibility index (Phi) is 6.23. The number of rotatable bonds is 6. The van der Waals surface area contributed by atoms with E-state index in [9.17, 15) is 4.79 Å². The fourth-order valence-corrected chi connectivity index (χ4v) is 4.21. The molecule has 0 spiro atoms. The van der Waals surface area contributed by atoms with Crippen LogP contribution in [0.1, 0.15) is 42.5 Å². The van der Waals surface area contributed by atoms with Crippen molar-refractivity contribution in [2.45, 2.75) is 39.3 Å². The number of carbonyl (C=O) groups excluding carboxylic acids is 1. The summed E-state index contributed by atoms with van der Waals surface area (Å²) in [6.07, 6.45) is 4.60. The molecule has 1 amide bonds. The van der Waals surface area contributed by atoms with Gasteiger partial charge in [0.2, 0.25) is 5.95 Å². The minimum Gasteiger partial charge on any atom is -0.337 e. The van der Waals surface area contributed by atoms with Gasteiger partial charge in [-0.05, 0) is 71.6 Å². The molecule has 0 saturated carbocycles. The van der Waals surface area contributed by atoms with Crippen LogP contribution < -0.4 is 5.32 Å². The molecule has 0 unspecified atom stereocenters. The fourth-order valence-electron chi connectivity index (χ4n) is 4.21. The number of hydrogen-bond donors (Lipinski definition) is 1. The molecule has 1 N–H and O–H groups in total. The maximum atomic E-state index is 12.8. The molecule has 8 nitrogen and oxygen atoms in total. The van der Waals surface area contributed by atoms with Gasteiger partial charge in [-0.25, -0.2) is 15.0 Å². The zero-order chi connectivity index (χ0) is 22.8. The lowest BCUT2D eigenvalue weighted by atomic mass is 10.2. The summed E-state index contributed by atoms with van der Waals surface area (Å²) < 4.78 is 2.16. The van der Waals surface area contributed by atoms with E-state index in [1.54, 1.807) is 6.20 Å². The number of aromatic nitrogens is 4. The highest BCUT2D eigenvalue weighted by Gasteiger charge is 2.28. The molecule has 8 heteroatoms. The molecule has 32 heavy (non-hydrogen) atoms. The van der Waals surface area contributed by atoms with E-state index < -0.39 is 0 Å². The summed E-state index contributed by atoms with van der Waals surface area (Å²) in [5, 5.41) is 3.24. The summed E-state index contributed by atoms with van der Waals surface area (Å²) in [6, 6.07) is 10.1. The van der Waals surface area contributed by atoms with Gasteiger partial charge in [0, 0.05) is 42.6 Å². The number of hydrogen-bond acceptors (Lipinski definition) is 6. The maximum absolute atomic E-state index is 12.8. The lowest BCUT2D eigenvalue weighted by Gasteiger charge is -2.20. The average Bonchev–Trinajstić information content (AvgIpc) is 3.41. The van der Waals surface area contributed by atoms with E-state index in [2.05, 4.69) is 57.7 Å². The summed E-state index contributed by atoms with van der Waals surface area (Å²) in [4.78, 5) is 30.4. The first kappa shape index (κ1) is 22.0. The molecule has 3 aromatic rings. The van der Waals surface area contributed by atoms with Crippen LogP contribution in [0.15, 0.2) is 42.7 Å². The second kappa shape index (κ2) is 9.08. The second-order valence-corrected chi connectivity index (χ2v) is 8.78. The molecule has 0 radical (unpaired) electrons. The van der Waals surface area contributed by atoms with Crippen LogP contribution in [0, 0.1) is 6.92 Å². The van der Waals surface area contributed by atoms with Gasteiger partial charge in [-0.15, -0.1) is 0 Å². The number of likely N-dealkylation sites (N-methyl/N-ethyl adjacent to an activating group) is 1. The number of likely N-dealkylation sites (tertiary alicyclic amines) is 1. The van der Waals surface area contributed by atoms with Crippen molar-refractivity contribution in [3.8, 4) is 11.4 Å². The van der Waals surface area contributed by atoms with Crippen LogP contribution in [0.3, 0.4) is 0 Å². The molecule has 1 aliphatic rings. The summed E-state index contributed by atoms with van der Waals surface area (Å²) >= 11 is 0. The molecule has 168 valence electrons. The lowest BCUT2D eigenvalue weighted by molar-refractivity contribution is 0.0783. The third-order valence-electron chi connectivity index (χ3n) is 5.99. The van der Waals surface area contributed by atoms with E-state index in [0.29, 0.717) is 17.6 Å². The lowest BCUT2D eigenvalue weighted by Crippen LogP contribution is -2.34. The van der Waals surface area contributed by atoms with Gasteiger partial charge in [-0.3, -0.25) is 4.79 Å². The van der Waals surface area contributed by atoms with E-state index >= 15 is 0 Å². The van der Waals surface area contributed by atoms with Crippen molar-refractivity contribution in [2.75, 3.05) is 32.5 Å². The molecule has 1 fully saturated rings. The van der Waals surface area contributed by atoms with Crippen molar-refractivity contribution in [2.24, 2.45) is 0 Å². The topological polar surface area (TPSA) is 79.2 Å². The Balaban J connectivity index is 1.47. The van der Waals surface area contributed by atoms with Gasteiger partial charge in [0.15, 0.2) is 0 Å². The standard InChI is InChI=1S/C24H31N7O/c1-16(2)31-17(3)26-14-22(31)21-10-12-25-24(28-21)27-19-8-6-18(7-9-19)23(32)30-13-11-20(15-30)29(4)5/h6-10,12,14,16,20H,11,13,15H2,1-5H3,(H,25,27,28)/t20-/m1/s1. The minimum absolute atomic E-state index is 0.0801. The van der Waals surface area contributed by atoms with E-state index in [0.717, 1.165) is 42.4 Å². The quantitative estimate of drug-likeness (QED) is 0.638. The number of aryl methyl sites for hydroxylation is 1. The number of nitrogens with zero attached hydrogens (tertiary/aromatic N) is 6. The van der Waals surface area contributed by atoms with Gasteiger partial charge >= 0.3 is 0 Å². The summed E-state index contributed by atoms with van der Waals surface area (Å²) in [5.74, 6) is 1.54. The first-order valence-electron chi connectivity index (χ1n) is 11.0. The van der Waals surface area contributed by atoms with Crippen LogP contribution in [0.2, 0.25) is 0 Å². The Bertz CT molecular complexity index is 1090. The largest absolute Gasteiger partial charge is 0.337 e. The molecule has 3 heterocycles. The van der Waals surface area contributed by atoms with E-state index in [1.165, 1.54) is 0 Å². The Hall–Kier alpha value is -3.26. The van der Waals surface area contributed by atoms with Gasteiger partial charge in [-0.1, -0.05) is 0 Å². The summed E-state index contributed by atoms with van der Waals surface area (Å²) in [6.45, 7) is 7.83. The highest BCUT2D eigenvalue weighted by molar-refractivity contribution is 5.94. The number of carbonyl (C=O) groups is 1. The Morgan fingerprint density at radius 2 is 1.91 bits per heavy atom. The molecule has 0 bridgehead atoms. The van der Waals surface area contributed by atoms with Crippen LogP contribution in [-0.2, 0) is 0 Å². The van der Waals surface area contributed by atoms with Crippen LogP contribution in [0.4, 0.5) is 11.6 Å². The van der Waals surface area contributed by atoms with Gasteiger partial charge in [0.1, 0.15) is 5.82 Å². The molecule has 1 aromatic carbocycles. The summed E-state index contributed by atoms with van der Waals surface area (Å²) in [7, 11) is 4.13. The van der Waals surface area contributed by atoms with Crippen molar-refractivity contribution in [1.29, 1.82) is 0 Å². The maximum Gasteiger partial charge on any atom is 0.253 e. The summed E-state index contributed by atoms with van der Waals surface area (Å²) in [5.41, 5.74) is 3.30. The Morgan fingerprint density at radius 1 is 1.16 bits per heavy atom. The third kappa shape index (κ3) is 4.50. The number of anilines is 2. The van der Waals surface area contributed by atoms with Crippen molar-refractivity contribution in [1.82, 2.24) is 29.3 Å². The van der Waals surface area contributed by atoms with Crippen LogP contribution >= 0.6 is 0 Å². The number of nitrogens with one attached hydrogen (secondary N) is 1. The van der Waals surface area contributed by atoms with E-state index in [-0.39, 0.29) is 11.9 Å². The predicted octanol–water partition coefficient (Wildman–Crippen LogP) is 3.75. The Morgan fingerprint density at radius 3 is 2.56 bits per heavy atom. The van der Waals surface area contributed by atoms with Crippen molar-refractivity contribution in [3.63, 3.8) is 0 Å². The molecule has 2 aromatic heterocycles. The van der Waals surface area contributed by atoms with E-state index in [1.807, 2.05) is 48.4 Å². The normalized spacial score (nSPS) is 16.2. The number of benzene rings is 1. The van der Waals surface area contributed by atoms with Crippen molar-refractivity contribution in [3.05, 3.63) is 54.1 Å². The zero-order valence-electron chi connectivity index (χ0n) is 19.4. The minimum atomic E-state index is 0.0801. The van der Waals surface area contributed by atoms with Crippen LogP contribution in [-0.4, -0.2) is 68.5 Å². The fraction of sp³-hybridized carbons (Fsp3) is 0.417. The van der Waals surface area contributed by atoms with Crippen LogP contribution in [0.5, 0.6) is 0 Å². The predicted molar refractivity (Wildman–Crippen MR) is 126 cm³/mol. The highest BCUT2D eigenvalue weighted by Crippen LogP contribution is 2.24. The van der Waals surface area contributed by atoms with Gasteiger partial charge in [-0.2, -0.15) is 0 Å². The second-order valence-electron chi connectivity index (χ2n) is 8.78. The molecule has 4 rings (SSSR count). The Labute approximate surface area is 189 Å². The van der Waals surface area contributed by atoms with Crippen molar-refractivity contribution >= 4 is 17.5 Å². The van der Waals surface area contributed by atoms with E-state index in [4.69, 9.17) is 0 Å². The number of imidazole rings is 1. The highest BCUT2D eigenvalue weighted by atomic mass is 16.2. The van der Waals surface area contributed by atoms with Gasteiger partial charge in [0.25, 0.3) is 5.91 Å². The smallest absolute Gasteiger partial charge is 0.253 e. The molecule has 1 saturated heterocycles. The third-order valence-corrected chi connectivity index (χ3v) is 5.99. The first-order valence-corrected chi connectivity index (χ1v) is 11.0. The SMILES string of the molecule is Cc1ncc(-c2ccnc(Nc3ccc(C(=O)N4CC[C@@H](N(C)C)C4)cc3)n2)n1C(C)C. The monoisotopic (exact) mass is 433 g/mol. The van der Waals surface area contributed by atoms with Gasteiger partial charge < -0.3 is 19.7 Å². The molecule has 0 aliphatic carbocycles. The molecular formula is C24H31N7O.